The van der Waals surface area contributed by atoms with Crippen LogP contribution in [0.15, 0.2) is 93.5 Å². The van der Waals surface area contributed by atoms with Crippen molar-refractivity contribution >= 4 is 61.8 Å². The number of aromatic amines is 1. The number of benzene rings is 2. The Morgan fingerprint density at radius 3 is 2.65 bits per heavy atom. The summed E-state index contributed by atoms with van der Waals surface area (Å²) in [6.07, 6.45) is 1.66. The van der Waals surface area contributed by atoms with Gasteiger partial charge in [0, 0.05) is 36.5 Å². The summed E-state index contributed by atoms with van der Waals surface area (Å²) in [6.45, 7) is 8.44. The summed E-state index contributed by atoms with van der Waals surface area (Å²) in [4.78, 5) is 54.5. The van der Waals surface area contributed by atoms with Crippen LogP contribution in [0.25, 0.3) is 16.8 Å². The molecule has 0 bridgehead atoms. The average molecular weight is 721 g/mol. The predicted octanol–water partition coefficient (Wildman–Crippen LogP) is 5.16. The molecule has 0 saturated carbocycles. The quantitative estimate of drug-likeness (QED) is 0.220. The van der Waals surface area contributed by atoms with E-state index in [9.17, 15) is 14.4 Å². The van der Waals surface area contributed by atoms with Gasteiger partial charge in [-0.05, 0) is 78.3 Å². The zero-order chi connectivity index (χ0) is 32.7. The molecule has 3 aromatic heterocycles. The SMILES string of the molecule is CCN(CC)C(=O)C1=C(C)N=c2s/c(=C\c3cc(Br)c(Sc4nc(C)cc(=O)[nH]4)o3)c(=O)n2[C@@H]1c1c(OC)ccc2ccccc12. The fourth-order valence-electron chi connectivity index (χ4n) is 5.61. The number of carbonyl (C=O) groups excluding carboxylic acids is 1. The van der Waals surface area contributed by atoms with Gasteiger partial charge >= 0.3 is 0 Å². The van der Waals surface area contributed by atoms with Crippen molar-refractivity contribution in [3.05, 3.63) is 111 Å². The smallest absolute Gasteiger partial charge is 0.271 e. The van der Waals surface area contributed by atoms with Crippen molar-refractivity contribution in [3.8, 4) is 5.75 Å². The number of aromatic nitrogens is 3. The van der Waals surface area contributed by atoms with Crippen LogP contribution < -0.4 is 25.2 Å². The minimum atomic E-state index is -0.786. The summed E-state index contributed by atoms with van der Waals surface area (Å²) in [6, 6.07) is 14.1. The molecule has 0 radical (unpaired) electrons. The topological polar surface area (TPSA) is 123 Å². The maximum Gasteiger partial charge on any atom is 0.271 e. The predicted molar refractivity (Wildman–Crippen MR) is 182 cm³/mol. The number of aryl methyl sites for hydroxylation is 1. The van der Waals surface area contributed by atoms with Gasteiger partial charge in [-0.3, -0.25) is 19.0 Å². The summed E-state index contributed by atoms with van der Waals surface area (Å²) in [5.74, 6) is 0.807. The largest absolute Gasteiger partial charge is 0.496 e. The number of H-pyrrole nitrogens is 1. The van der Waals surface area contributed by atoms with Gasteiger partial charge in [-0.25, -0.2) is 9.98 Å². The van der Waals surface area contributed by atoms with Gasteiger partial charge in [0.25, 0.3) is 17.0 Å². The molecule has 0 spiro atoms. The molecule has 1 N–H and O–H groups in total. The molecule has 0 aliphatic carbocycles. The third-order valence-electron chi connectivity index (χ3n) is 7.71. The van der Waals surface area contributed by atoms with Crippen molar-refractivity contribution in [1.82, 2.24) is 19.4 Å². The molecule has 13 heteroatoms. The van der Waals surface area contributed by atoms with Gasteiger partial charge in [-0.1, -0.05) is 41.7 Å². The third kappa shape index (κ3) is 5.78. The Bertz CT molecular complexity index is 2280. The highest BCUT2D eigenvalue weighted by Crippen LogP contribution is 2.40. The number of allylic oxidation sites excluding steroid dienone is 1. The first kappa shape index (κ1) is 31.8. The number of furan rings is 1. The number of nitrogens with zero attached hydrogens (tertiary/aromatic N) is 4. The first-order chi connectivity index (χ1) is 22.1. The Labute approximate surface area is 280 Å². The molecule has 2 aromatic carbocycles. The summed E-state index contributed by atoms with van der Waals surface area (Å²) >= 11 is 5.90. The number of methoxy groups -OCH3 is 1. The maximum absolute atomic E-state index is 14.4. The second kappa shape index (κ2) is 12.9. The molecule has 0 unspecified atom stereocenters. The van der Waals surface area contributed by atoms with Crippen LogP contribution in [0, 0.1) is 6.92 Å². The lowest BCUT2D eigenvalue weighted by molar-refractivity contribution is -0.127. The lowest BCUT2D eigenvalue weighted by Crippen LogP contribution is -2.43. The van der Waals surface area contributed by atoms with Crippen molar-refractivity contribution in [3.63, 3.8) is 0 Å². The zero-order valence-electron chi connectivity index (χ0n) is 25.7. The van der Waals surface area contributed by atoms with E-state index in [2.05, 4.69) is 25.9 Å². The van der Waals surface area contributed by atoms with Crippen LogP contribution >= 0.6 is 39.0 Å². The number of hydrogen-bond acceptors (Lipinski definition) is 9. The number of nitrogens with one attached hydrogen (secondary N) is 1. The summed E-state index contributed by atoms with van der Waals surface area (Å²) in [5, 5.41) is 2.69. The number of thiazole rings is 1. The van der Waals surface area contributed by atoms with Gasteiger partial charge in [-0.15, -0.1) is 0 Å². The zero-order valence-corrected chi connectivity index (χ0v) is 28.9. The Morgan fingerprint density at radius 1 is 1.17 bits per heavy atom. The van der Waals surface area contributed by atoms with E-state index in [0.29, 0.717) is 65.6 Å². The standard InChI is InChI=1S/C33H30BrN5O5S2/c1-6-38(7-2)30(42)26-18(4)36-33-39(28(26)27-21-11-9-8-10-19(21)12-13-23(27)43-5)29(41)24(45-33)16-20-15-22(34)31(44-20)46-32-35-17(3)14-25(40)37-32/h8-16,28H,6-7H2,1-5H3,(H,35,37,40)/b24-16-/t28-/m0/s1. The number of likely N-dealkylation sites (N-methyl/N-ethyl adjacent to an activating group) is 1. The molecule has 0 fully saturated rings. The Hall–Kier alpha value is -4.20. The van der Waals surface area contributed by atoms with E-state index < -0.39 is 6.04 Å². The monoisotopic (exact) mass is 719 g/mol. The molecule has 0 saturated heterocycles. The summed E-state index contributed by atoms with van der Waals surface area (Å²) in [7, 11) is 1.59. The van der Waals surface area contributed by atoms with E-state index in [-0.39, 0.29) is 17.0 Å². The number of halogens is 1. The second-order valence-electron chi connectivity index (χ2n) is 10.5. The maximum atomic E-state index is 14.4. The minimum absolute atomic E-state index is 0.181. The van der Waals surface area contributed by atoms with E-state index in [1.165, 1.54) is 17.4 Å². The average Bonchev–Trinajstić information content (AvgIpc) is 3.52. The van der Waals surface area contributed by atoms with Crippen molar-refractivity contribution in [1.29, 1.82) is 0 Å². The Morgan fingerprint density at radius 2 is 1.93 bits per heavy atom. The molecule has 46 heavy (non-hydrogen) atoms. The highest BCUT2D eigenvalue weighted by molar-refractivity contribution is 9.10. The van der Waals surface area contributed by atoms with Crippen LogP contribution in [0.4, 0.5) is 0 Å². The highest BCUT2D eigenvalue weighted by Gasteiger charge is 2.36. The minimum Gasteiger partial charge on any atom is -0.496 e. The number of fused-ring (bicyclic) bond motifs is 2. The summed E-state index contributed by atoms with van der Waals surface area (Å²) in [5.41, 5.74) is 1.71. The number of ether oxygens (including phenoxy) is 1. The number of rotatable bonds is 8. The lowest BCUT2D eigenvalue weighted by Gasteiger charge is -2.30. The second-order valence-corrected chi connectivity index (χ2v) is 13.4. The molecule has 1 atom stereocenters. The van der Waals surface area contributed by atoms with Gasteiger partial charge in [0.05, 0.1) is 27.4 Å². The molecule has 1 amide bonds. The third-order valence-corrected chi connectivity index (χ3v) is 10.4. The normalized spacial score (nSPS) is 14.8. The van der Waals surface area contributed by atoms with Gasteiger partial charge in [0.1, 0.15) is 17.6 Å². The number of hydrogen-bond donors (Lipinski definition) is 1. The summed E-state index contributed by atoms with van der Waals surface area (Å²) < 4.78 is 14.6. The van der Waals surface area contributed by atoms with Gasteiger partial charge < -0.3 is 19.0 Å². The lowest BCUT2D eigenvalue weighted by atomic mass is 9.90. The van der Waals surface area contributed by atoms with E-state index in [1.54, 1.807) is 35.6 Å². The van der Waals surface area contributed by atoms with Crippen molar-refractivity contribution in [2.75, 3.05) is 20.2 Å². The highest BCUT2D eigenvalue weighted by atomic mass is 79.9. The van der Waals surface area contributed by atoms with E-state index in [0.717, 1.165) is 28.1 Å². The molecule has 1 aliphatic heterocycles. The fraction of sp³-hybridized carbons (Fsp3) is 0.242. The Balaban J connectivity index is 1.54. The van der Waals surface area contributed by atoms with E-state index >= 15 is 0 Å². The van der Waals surface area contributed by atoms with Crippen LogP contribution in [-0.2, 0) is 4.79 Å². The van der Waals surface area contributed by atoms with Crippen LogP contribution in [-0.4, -0.2) is 45.5 Å². The first-order valence-electron chi connectivity index (χ1n) is 14.6. The molecule has 5 aromatic rings. The van der Waals surface area contributed by atoms with Crippen LogP contribution in [0.2, 0.25) is 0 Å². The van der Waals surface area contributed by atoms with E-state index in [1.807, 2.05) is 57.2 Å². The van der Waals surface area contributed by atoms with E-state index in [4.69, 9.17) is 14.1 Å². The van der Waals surface area contributed by atoms with Crippen LogP contribution in [0.1, 0.15) is 43.8 Å². The van der Waals surface area contributed by atoms with Gasteiger partial charge in [0.15, 0.2) is 15.1 Å². The van der Waals surface area contributed by atoms with Gasteiger partial charge in [-0.2, -0.15) is 0 Å². The molecule has 1 aliphatic rings. The van der Waals surface area contributed by atoms with Crippen molar-refractivity contribution in [2.24, 2.45) is 4.99 Å². The molecule has 10 nitrogen and oxygen atoms in total. The number of amides is 1. The number of carbonyl (C=O) groups is 1. The Kier molecular flexibility index (Phi) is 8.90. The molecule has 4 heterocycles. The molecule has 236 valence electrons. The molecular formula is C33H30BrN5O5S2. The van der Waals surface area contributed by atoms with Crippen molar-refractivity contribution < 1.29 is 13.9 Å². The van der Waals surface area contributed by atoms with Crippen LogP contribution in [0.5, 0.6) is 5.75 Å². The van der Waals surface area contributed by atoms with Crippen molar-refractivity contribution in [2.45, 2.75) is 44.0 Å². The fourth-order valence-corrected chi connectivity index (χ4v) is 8.00. The van der Waals surface area contributed by atoms with Crippen LogP contribution in [0.3, 0.4) is 0 Å². The first-order valence-corrected chi connectivity index (χ1v) is 17.0. The molecular weight excluding hydrogens is 690 g/mol. The van der Waals surface area contributed by atoms with Gasteiger partial charge in [0.2, 0.25) is 0 Å². The molecule has 6 rings (SSSR count).